The summed E-state index contributed by atoms with van der Waals surface area (Å²) < 4.78 is 24.7. The molecule has 2 heterocycles. The second-order valence-corrected chi connectivity index (χ2v) is 8.58. The zero-order valence-corrected chi connectivity index (χ0v) is 12.3. The summed E-state index contributed by atoms with van der Waals surface area (Å²) in [6, 6.07) is 8.26. The first-order chi connectivity index (χ1) is 9.04. The van der Waals surface area contributed by atoms with Crippen molar-refractivity contribution in [3.63, 3.8) is 0 Å². The third-order valence-corrected chi connectivity index (χ3v) is 6.92. The largest absolute Gasteiger partial charge is 0.330 e. The quantitative estimate of drug-likeness (QED) is 0.944. The van der Waals surface area contributed by atoms with E-state index in [2.05, 4.69) is 17.5 Å². The third-order valence-electron chi connectivity index (χ3n) is 4.03. The SMILES string of the molecule is NCC1(Cc2csc3ccccc23)CCS(=O)(=O)C1. The number of rotatable bonds is 3. The van der Waals surface area contributed by atoms with Gasteiger partial charge in [-0.3, -0.25) is 0 Å². The van der Waals surface area contributed by atoms with E-state index in [9.17, 15) is 8.42 Å². The number of fused-ring (bicyclic) bond motifs is 1. The van der Waals surface area contributed by atoms with Crippen molar-refractivity contribution >= 4 is 31.3 Å². The lowest BCUT2D eigenvalue weighted by molar-refractivity contribution is 0.346. The van der Waals surface area contributed by atoms with Crippen LogP contribution in [-0.2, 0) is 16.3 Å². The summed E-state index contributed by atoms with van der Waals surface area (Å²) in [5.41, 5.74) is 6.87. The molecule has 3 rings (SSSR count). The first-order valence-electron chi connectivity index (χ1n) is 6.39. The van der Waals surface area contributed by atoms with Crippen molar-refractivity contribution in [2.24, 2.45) is 11.1 Å². The zero-order valence-electron chi connectivity index (χ0n) is 10.6. The minimum atomic E-state index is -2.90. The third kappa shape index (κ3) is 2.42. The van der Waals surface area contributed by atoms with Gasteiger partial charge in [0.1, 0.15) is 0 Å². The van der Waals surface area contributed by atoms with E-state index in [-0.39, 0.29) is 16.9 Å². The zero-order chi connectivity index (χ0) is 13.5. The van der Waals surface area contributed by atoms with Gasteiger partial charge < -0.3 is 5.73 Å². The van der Waals surface area contributed by atoms with Gasteiger partial charge in [-0.25, -0.2) is 8.42 Å². The summed E-state index contributed by atoms with van der Waals surface area (Å²) in [5.74, 6) is 0.521. The molecule has 3 nitrogen and oxygen atoms in total. The molecule has 0 spiro atoms. The van der Waals surface area contributed by atoms with Crippen LogP contribution in [0, 0.1) is 5.41 Å². The maximum atomic E-state index is 11.7. The van der Waals surface area contributed by atoms with Crippen LogP contribution < -0.4 is 5.73 Å². The highest BCUT2D eigenvalue weighted by Gasteiger charge is 2.41. The van der Waals surface area contributed by atoms with Crippen molar-refractivity contribution in [3.05, 3.63) is 35.2 Å². The predicted molar refractivity (Wildman–Crippen MR) is 80.3 cm³/mol. The van der Waals surface area contributed by atoms with Crippen LogP contribution in [0.3, 0.4) is 0 Å². The van der Waals surface area contributed by atoms with Gasteiger partial charge in [-0.1, -0.05) is 18.2 Å². The van der Waals surface area contributed by atoms with E-state index in [1.165, 1.54) is 15.6 Å². The lowest BCUT2D eigenvalue weighted by Gasteiger charge is -2.25. The molecule has 1 aliphatic rings. The normalized spacial score (nSPS) is 25.9. The molecular formula is C14H17NO2S2. The predicted octanol–water partition coefficient (Wildman–Crippen LogP) is 2.21. The summed E-state index contributed by atoms with van der Waals surface area (Å²) >= 11 is 1.72. The lowest BCUT2D eigenvalue weighted by Crippen LogP contribution is -2.34. The van der Waals surface area contributed by atoms with E-state index in [0.717, 1.165) is 6.42 Å². The summed E-state index contributed by atoms with van der Waals surface area (Å²) in [6.45, 7) is 0.441. The Bertz CT molecular complexity index is 705. The van der Waals surface area contributed by atoms with Crippen molar-refractivity contribution < 1.29 is 8.42 Å². The molecule has 1 atom stereocenters. The van der Waals surface area contributed by atoms with Crippen LogP contribution in [0.25, 0.3) is 10.1 Å². The standard InChI is InChI=1S/C14H17NO2S2/c15-9-14(5-6-19(16,17)10-14)7-11-8-18-13-4-2-1-3-12(11)13/h1-4,8H,5-7,9-10,15H2. The first kappa shape index (κ1) is 13.1. The Balaban J connectivity index is 1.96. The van der Waals surface area contributed by atoms with Gasteiger partial charge in [0.05, 0.1) is 11.5 Å². The van der Waals surface area contributed by atoms with Crippen molar-refractivity contribution in [2.75, 3.05) is 18.1 Å². The molecule has 1 aromatic carbocycles. The van der Waals surface area contributed by atoms with Crippen molar-refractivity contribution in [2.45, 2.75) is 12.8 Å². The average molecular weight is 295 g/mol. The van der Waals surface area contributed by atoms with Gasteiger partial charge in [0.15, 0.2) is 9.84 Å². The van der Waals surface area contributed by atoms with E-state index >= 15 is 0 Å². The van der Waals surface area contributed by atoms with Gasteiger partial charge >= 0.3 is 0 Å². The van der Waals surface area contributed by atoms with Gasteiger partial charge in [-0.2, -0.15) is 0 Å². The van der Waals surface area contributed by atoms with E-state index < -0.39 is 9.84 Å². The smallest absolute Gasteiger partial charge is 0.150 e. The van der Waals surface area contributed by atoms with E-state index in [4.69, 9.17) is 5.73 Å². The Morgan fingerprint density at radius 3 is 2.79 bits per heavy atom. The number of hydrogen-bond acceptors (Lipinski definition) is 4. The minimum Gasteiger partial charge on any atom is -0.330 e. The fraction of sp³-hybridized carbons (Fsp3) is 0.429. The molecule has 19 heavy (non-hydrogen) atoms. The number of hydrogen-bond donors (Lipinski definition) is 1. The molecule has 0 radical (unpaired) electrons. The Hall–Kier alpha value is -0.910. The van der Waals surface area contributed by atoms with Crippen LogP contribution in [0.4, 0.5) is 0 Å². The van der Waals surface area contributed by atoms with E-state index in [0.29, 0.717) is 13.0 Å². The molecule has 1 aromatic heterocycles. The van der Waals surface area contributed by atoms with E-state index in [1.807, 2.05) is 12.1 Å². The molecule has 1 saturated heterocycles. The Kier molecular flexibility index (Phi) is 3.15. The number of thiophene rings is 1. The molecule has 1 aliphatic heterocycles. The molecule has 1 unspecified atom stereocenters. The molecule has 102 valence electrons. The van der Waals surface area contributed by atoms with Crippen LogP contribution in [0.1, 0.15) is 12.0 Å². The molecule has 2 N–H and O–H groups in total. The molecule has 2 aromatic rings. The molecule has 0 amide bonds. The van der Waals surface area contributed by atoms with Gasteiger partial charge in [0.2, 0.25) is 0 Å². The molecule has 1 fully saturated rings. The lowest BCUT2D eigenvalue weighted by atomic mass is 9.81. The van der Waals surface area contributed by atoms with Gasteiger partial charge in [-0.15, -0.1) is 11.3 Å². The topological polar surface area (TPSA) is 60.2 Å². The number of sulfone groups is 1. The van der Waals surface area contributed by atoms with Crippen molar-refractivity contribution in [1.29, 1.82) is 0 Å². The molecule has 0 saturated carbocycles. The Morgan fingerprint density at radius 2 is 2.11 bits per heavy atom. The first-order valence-corrected chi connectivity index (χ1v) is 9.09. The molecular weight excluding hydrogens is 278 g/mol. The van der Waals surface area contributed by atoms with Crippen molar-refractivity contribution in [1.82, 2.24) is 0 Å². The van der Waals surface area contributed by atoms with E-state index in [1.54, 1.807) is 11.3 Å². The van der Waals surface area contributed by atoms with Crippen LogP contribution in [0.5, 0.6) is 0 Å². The fourth-order valence-electron chi connectivity index (χ4n) is 2.93. The highest BCUT2D eigenvalue weighted by Crippen LogP contribution is 2.38. The summed E-state index contributed by atoms with van der Waals surface area (Å²) in [7, 11) is -2.90. The van der Waals surface area contributed by atoms with Crippen LogP contribution in [-0.4, -0.2) is 26.5 Å². The van der Waals surface area contributed by atoms with Gasteiger partial charge in [-0.05, 0) is 41.8 Å². The summed E-state index contributed by atoms with van der Waals surface area (Å²) in [5, 5.41) is 3.39. The monoisotopic (exact) mass is 295 g/mol. The van der Waals surface area contributed by atoms with Crippen LogP contribution >= 0.6 is 11.3 Å². The number of benzene rings is 1. The highest BCUT2D eigenvalue weighted by atomic mass is 32.2. The van der Waals surface area contributed by atoms with Gasteiger partial charge in [0.25, 0.3) is 0 Å². The Morgan fingerprint density at radius 1 is 1.32 bits per heavy atom. The van der Waals surface area contributed by atoms with Crippen LogP contribution in [0.2, 0.25) is 0 Å². The van der Waals surface area contributed by atoms with Crippen LogP contribution in [0.15, 0.2) is 29.6 Å². The second-order valence-electron chi connectivity index (χ2n) is 5.48. The molecule has 0 bridgehead atoms. The van der Waals surface area contributed by atoms with Crippen molar-refractivity contribution in [3.8, 4) is 0 Å². The fourth-order valence-corrected chi connectivity index (χ4v) is 6.08. The highest BCUT2D eigenvalue weighted by molar-refractivity contribution is 7.91. The molecule has 5 heteroatoms. The summed E-state index contributed by atoms with van der Waals surface area (Å²) in [4.78, 5) is 0. The Labute approximate surface area is 117 Å². The minimum absolute atomic E-state index is 0.237. The average Bonchev–Trinajstić information content (AvgIpc) is 2.93. The number of nitrogens with two attached hydrogens (primary N) is 1. The van der Waals surface area contributed by atoms with Gasteiger partial charge in [0, 0.05) is 10.1 Å². The maximum Gasteiger partial charge on any atom is 0.150 e. The summed E-state index contributed by atoms with van der Waals surface area (Å²) in [6.07, 6.45) is 1.46. The maximum absolute atomic E-state index is 11.7. The second kappa shape index (κ2) is 4.58. The molecule has 0 aliphatic carbocycles.